The van der Waals surface area contributed by atoms with E-state index >= 15 is 0 Å². The average Bonchev–Trinajstić information content (AvgIpc) is 2.82. The van der Waals surface area contributed by atoms with Gasteiger partial charge in [0.1, 0.15) is 12.9 Å². The van der Waals surface area contributed by atoms with E-state index in [4.69, 9.17) is 5.73 Å². The van der Waals surface area contributed by atoms with Crippen LogP contribution in [0.25, 0.3) is 0 Å². The van der Waals surface area contributed by atoms with Gasteiger partial charge in [0.2, 0.25) is 0 Å². The second-order valence-electron chi connectivity index (χ2n) is 4.21. The summed E-state index contributed by atoms with van der Waals surface area (Å²) >= 11 is 0. The van der Waals surface area contributed by atoms with Crippen molar-refractivity contribution >= 4 is 35.6 Å². The van der Waals surface area contributed by atoms with Gasteiger partial charge in [0.05, 0.1) is 0 Å². The quantitative estimate of drug-likeness (QED) is 0.478. The highest BCUT2D eigenvalue weighted by molar-refractivity contribution is 14.0. The van der Waals surface area contributed by atoms with Crippen LogP contribution in [0.15, 0.2) is 35.6 Å². The van der Waals surface area contributed by atoms with Crippen molar-refractivity contribution in [2.75, 3.05) is 5.32 Å². The molecular weight excluding hydrogens is 367 g/mol. The molecule has 6 nitrogen and oxygen atoms in total. The Morgan fingerprint density at radius 3 is 2.90 bits per heavy atom. The SMILES string of the molecule is CCc1cccc(NC(N)=NCc2ncn(C)n2)c1.I. The first-order valence-electron chi connectivity index (χ1n) is 6.17. The van der Waals surface area contributed by atoms with Gasteiger partial charge in [0.25, 0.3) is 0 Å². The first-order valence-corrected chi connectivity index (χ1v) is 6.17. The largest absolute Gasteiger partial charge is 0.370 e. The molecule has 0 saturated carbocycles. The smallest absolute Gasteiger partial charge is 0.193 e. The molecule has 2 aromatic rings. The summed E-state index contributed by atoms with van der Waals surface area (Å²) in [7, 11) is 1.82. The van der Waals surface area contributed by atoms with Crippen LogP contribution >= 0.6 is 24.0 Å². The molecule has 0 spiro atoms. The summed E-state index contributed by atoms with van der Waals surface area (Å²) < 4.78 is 1.64. The Morgan fingerprint density at radius 1 is 1.45 bits per heavy atom. The number of benzene rings is 1. The van der Waals surface area contributed by atoms with Crippen molar-refractivity contribution in [3.8, 4) is 0 Å². The van der Waals surface area contributed by atoms with E-state index in [0.29, 0.717) is 18.3 Å². The van der Waals surface area contributed by atoms with Crippen LogP contribution in [0.4, 0.5) is 5.69 Å². The fraction of sp³-hybridized carbons (Fsp3) is 0.308. The standard InChI is InChI=1S/C13H18N6.HI/c1-3-10-5-4-6-11(7-10)17-13(14)15-8-12-16-9-19(2)18-12;/h4-7,9H,3,8H2,1-2H3,(H3,14,15,17);1H. The van der Waals surface area contributed by atoms with Crippen LogP contribution in [0.2, 0.25) is 0 Å². The molecule has 0 atom stereocenters. The molecule has 0 aliphatic rings. The van der Waals surface area contributed by atoms with Crippen molar-refractivity contribution in [1.82, 2.24) is 14.8 Å². The third-order valence-corrected chi connectivity index (χ3v) is 2.65. The van der Waals surface area contributed by atoms with E-state index in [0.717, 1.165) is 12.1 Å². The zero-order chi connectivity index (χ0) is 13.7. The highest BCUT2D eigenvalue weighted by Gasteiger charge is 1.99. The highest BCUT2D eigenvalue weighted by atomic mass is 127. The molecule has 1 heterocycles. The maximum Gasteiger partial charge on any atom is 0.193 e. The molecule has 108 valence electrons. The van der Waals surface area contributed by atoms with Crippen LogP contribution in [-0.4, -0.2) is 20.7 Å². The lowest BCUT2D eigenvalue weighted by Gasteiger charge is -2.06. The molecule has 0 amide bonds. The number of hydrogen-bond acceptors (Lipinski definition) is 3. The lowest BCUT2D eigenvalue weighted by Crippen LogP contribution is -2.22. The fourth-order valence-electron chi connectivity index (χ4n) is 1.67. The summed E-state index contributed by atoms with van der Waals surface area (Å²) in [5.41, 5.74) is 8.02. The van der Waals surface area contributed by atoms with E-state index in [1.165, 1.54) is 5.56 Å². The van der Waals surface area contributed by atoms with Gasteiger partial charge in [-0.15, -0.1) is 24.0 Å². The minimum atomic E-state index is 0. The number of anilines is 1. The molecule has 0 bridgehead atoms. The summed E-state index contributed by atoms with van der Waals surface area (Å²) in [5.74, 6) is 1.01. The van der Waals surface area contributed by atoms with E-state index in [1.807, 2.05) is 19.2 Å². The number of nitrogens with one attached hydrogen (secondary N) is 1. The topological polar surface area (TPSA) is 81.1 Å². The number of guanidine groups is 1. The lowest BCUT2D eigenvalue weighted by atomic mass is 10.1. The molecule has 0 aliphatic heterocycles. The maximum atomic E-state index is 5.83. The van der Waals surface area contributed by atoms with Crippen LogP contribution in [0, 0.1) is 0 Å². The zero-order valence-electron chi connectivity index (χ0n) is 11.6. The van der Waals surface area contributed by atoms with Gasteiger partial charge < -0.3 is 11.1 Å². The molecule has 3 N–H and O–H groups in total. The zero-order valence-corrected chi connectivity index (χ0v) is 13.9. The van der Waals surface area contributed by atoms with Gasteiger partial charge >= 0.3 is 0 Å². The van der Waals surface area contributed by atoms with Crippen LogP contribution < -0.4 is 11.1 Å². The van der Waals surface area contributed by atoms with Crippen molar-refractivity contribution in [3.63, 3.8) is 0 Å². The number of aryl methyl sites for hydroxylation is 2. The second-order valence-corrected chi connectivity index (χ2v) is 4.21. The van der Waals surface area contributed by atoms with Crippen LogP contribution in [0.1, 0.15) is 18.3 Å². The molecule has 1 aromatic heterocycles. The highest BCUT2D eigenvalue weighted by Crippen LogP contribution is 2.10. The Kier molecular flexibility index (Phi) is 6.43. The minimum Gasteiger partial charge on any atom is -0.370 e. The first kappa shape index (κ1) is 16.4. The van der Waals surface area contributed by atoms with Crippen LogP contribution in [0.3, 0.4) is 0 Å². The fourth-order valence-corrected chi connectivity index (χ4v) is 1.67. The monoisotopic (exact) mass is 386 g/mol. The van der Waals surface area contributed by atoms with Crippen molar-refractivity contribution in [2.45, 2.75) is 19.9 Å². The van der Waals surface area contributed by atoms with Crippen molar-refractivity contribution in [3.05, 3.63) is 42.0 Å². The van der Waals surface area contributed by atoms with Gasteiger partial charge in [-0.2, -0.15) is 5.10 Å². The number of nitrogens with zero attached hydrogens (tertiary/aromatic N) is 4. The summed E-state index contributed by atoms with van der Waals surface area (Å²) in [4.78, 5) is 8.29. The van der Waals surface area contributed by atoms with E-state index in [9.17, 15) is 0 Å². The summed E-state index contributed by atoms with van der Waals surface area (Å²) in [5, 5.41) is 7.19. The number of nitrogens with two attached hydrogens (primary N) is 1. The van der Waals surface area contributed by atoms with Crippen LogP contribution in [0.5, 0.6) is 0 Å². The maximum absolute atomic E-state index is 5.83. The van der Waals surface area contributed by atoms with E-state index in [1.54, 1.807) is 11.0 Å². The third kappa shape index (κ3) is 4.80. The predicted octanol–water partition coefficient (Wildman–Crippen LogP) is 1.92. The van der Waals surface area contributed by atoms with Crippen molar-refractivity contribution in [2.24, 2.45) is 17.8 Å². The predicted molar refractivity (Wildman–Crippen MR) is 91.2 cm³/mol. The van der Waals surface area contributed by atoms with Crippen LogP contribution in [-0.2, 0) is 20.0 Å². The Morgan fingerprint density at radius 2 is 2.25 bits per heavy atom. The second kappa shape index (κ2) is 7.83. The van der Waals surface area contributed by atoms with Crippen molar-refractivity contribution in [1.29, 1.82) is 0 Å². The molecular formula is C13H19IN6. The number of rotatable bonds is 4. The lowest BCUT2D eigenvalue weighted by molar-refractivity contribution is 0.742. The Hall–Kier alpha value is -1.64. The third-order valence-electron chi connectivity index (χ3n) is 2.65. The molecule has 1 aromatic carbocycles. The molecule has 2 rings (SSSR count). The molecule has 7 heteroatoms. The summed E-state index contributed by atoms with van der Waals surface area (Å²) in [6, 6.07) is 8.09. The van der Waals surface area contributed by atoms with Gasteiger partial charge in [-0.25, -0.2) is 9.98 Å². The molecule has 0 fully saturated rings. The van der Waals surface area contributed by atoms with E-state index in [-0.39, 0.29) is 24.0 Å². The minimum absolute atomic E-state index is 0. The van der Waals surface area contributed by atoms with Gasteiger partial charge in [-0.3, -0.25) is 4.68 Å². The molecule has 0 saturated heterocycles. The van der Waals surface area contributed by atoms with Gasteiger partial charge in [0, 0.05) is 12.7 Å². The molecule has 0 radical (unpaired) electrons. The Bertz CT molecular complexity index is 578. The number of aromatic nitrogens is 3. The number of aliphatic imine (C=N–C) groups is 1. The normalized spacial score (nSPS) is 11.0. The number of halogens is 1. The van der Waals surface area contributed by atoms with Crippen molar-refractivity contribution < 1.29 is 0 Å². The van der Waals surface area contributed by atoms with Gasteiger partial charge in [0.15, 0.2) is 11.8 Å². The summed E-state index contributed by atoms with van der Waals surface area (Å²) in [6.07, 6.45) is 2.63. The van der Waals surface area contributed by atoms with Gasteiger partial charge in [-0.1, -0.05) is 19.1 Å². The molecule has 20 heavy (non-hydrogen) atoms. The number of hydrogen-bond donors (Lipinski definition) is 2. The Labute approximate surface area is 135 Å². The van der Waals surface area contributed by atoms with E-state index in [2.05, 4.69) is 39.4 Å². The summed E-state index contributed by atoms with van der Waals surface area (Å²) in [6.45, 7) is 2.48. The molecule has 0 unspecified atom stereocenters. The average molecular weight is 386 g/mol. The first-order chi connectivity index (χ1) is 9.17. The Balaban J connectivity index is 0.00000200. The van der Waals surface area contributed by atoms with Gasteiger partial charge in [-0.05, 0) is 24.1 Å². The van der Waals surface area contributed by atoms with E-state index < -0.39 is 0 Å². The molecule has 0 aliphatic carbocycles.